The first-order valence-electron chi connectivity index (χ1n) is 6.92. The molecule has 0 saturated heterocycles. The Labute approximate surface area is 127 Å². The van der Waals surface area contributed by atoms with Gasteiger partial charge in [0.05, 0.1) is 0 Å². The minimum atomic E-state index is -2.74. The van der Waals surface area contributed by atoms with Crippen LogP contribution >= 0.6 is 0 Å². The molecule has 4 nitrogen and oxygen atoms in total. The van der Waals surface area contributed by atoms with Gasteiger partial charge in [0, 0.05) is 5.69 Å². The molecule has 0 aliphatic heterocycles. The number of benzene rings is 1. The second-order valence-electron chi connectivity index (χ2n) is 5.26. The predicted molar refractivity (Wildman–Crippen MR) is 80.2 cm³/mol. The smallest absolute Gasteiger partial charge is 0.280 e. The second kappa shape index (κ2) is 6.60. The van der Waals surface area contributed by atoms with E-state index in [0.717, 1.165) is 11.6 Å². The average Bonchev–Trinajstić information content (AvgIpc) is 2.47. The molecule has 2 aromatic rings. The molecule has 116 valence electrons. The maximum Gasteiger partial charge on any atom is 0.280 e. The van der Waals surface area contributed by atoms with Crippen LogP contribution in [0.3, 0.4) is 0 Å². The van der Waals surface area contributed by atoms with Crippen LogP contribution in [-0.4, -0.2) is 15.9 Å². The fraction of sp³-hybridized carbons (Fsp3) is 0.312. The summed E-state index contributed by atoms with van der Waals surface area (Å²) in [4.78, 5) is 19.6. The molecule has 0 aliphatic carbocycles. The van der Waals surface area contributed by atoms with Crippen molar-refractivity contribution in [1.29, 1.82) is 0 Å². The molecule has 1 aromatic heterocycles. The van der Waals surface area contributed by atoms with Gasteiger partial charge >= 0.3 is 0 Å². The van der Waals surface area contributed by atoms with Gasteiger partial charge in [0.1, 0.15) is 17.2 Å². The largest absolute Gasteiger partial charge is 0.321 e. The quantitative estimate of drug-likeness (QED) is 0.925. The van der Waals surface area contributed by atoms with Crippen molar-refractivity contribution in [1.82, 2.24) is 9.97 Å². The third-order valence-electron chi connectivity index (χ3n) is 3.15. The Hall–Kier alpha value is -2.37. The highest BCUT2D eigenvalue weighted by Gasteiger charge is 2.16. The van der Waals surface area contributed by atoms with Crippen molar-refractivity contribution in [3.05, 3.63) is 53.1 Å². The molecule has 6 heteroatoms. The summed E-state index contributed by atoms with van der Waals surface area (Å²) in [5.74, 6) is -0.00864. The highest BCUT2D eigenvalue weighted by atomic mass is 19.3. The highest BCUT2D eigenvalue weighted by Crippen LogP contribution is 2.19. The number of alkyl halides is 2. The zero-order valence-corrected chi connectivity index (χ0v) is 12.6. The fourth-order valence-corrected chi connectivity index (χ4v) is 1.97. The standard InChI is InChI=1S/C16H17F2N3O/c1-9(2)11-4-6-12(7-5-11)21-16(22)14-8-13(15(17)18)19-10(3)20-14/h4-9,15H,1-3H3,(H,21,22). The minimum absolute atomic E-state index is 0.0734. The van der Waals surface area contributed by atoms with Gasteiger partial charge in [-0.2, -0.15) is 0 Å². The van der Waals surface area contributed by atoms with E-state index >= 15 is 0 Å². The van der Waals surface area contributed by atoms with Crippen molar-refractivity contribution in [2.45, 2.75) is 33.1 Å². The molecule has 0 bridgehead atoms. The second-order valence-corrected chi connectivity index (χ2v) is 5.26. The summed E-state index contributed by atoms with van der Waals surface area (Å²) >= 11 is 0. The molecule has 1 amide bonds. The monoisotopic (exact) mass is 305 g/mol. The van der Waals surface area contributed by atoms with Gasteiger partial charge in [-0.1, -0.05) is 26.0 Å². The van der Waals surface area contributed by atoms with Crippen molar-refractivity contribution in [2.75, 3.05) is 5.32 Å². The molecule has 0 aliphatic rings. The topological polar surface area (TPSA) is 54.9 Å². The Balaban J connectivity index is 2.18. The first kappa shape index (κ1) is 16.0. The van der Waals surface area contributed by atoms with Crippen LogP contribution in [0.15, 0.2) is 30.3 Å². The number of aromatic nitrogens is 2. The van der Waals surface area contributed by atoms with Crippen molar-refractivity contribution in [3.8, 4) is 0 Å². The van der Waals surface area contributed by atoms with Crippen molar-refractivity contribution < 1.29 is 13.6 Å². The number of halogens is 2. The van der Waals surface area contributed by atoms with Crippen LogP contribution in [0.1, 0.15) is 53.8 Å². The summed E-state index contributed by atoms with van der Waals surface area (Å²) in [5.41, 5.74) is 1.21. The number of aryl methyl sites for hydroxylation is 1. The van der Waals surface area contributed by atoms with Gasteiger partial charge in [0.2, 0.25) is 0 Å². The zero-order chi connectivity index (χ0) is 16.3. The van der Waals surface area contributed by atoms with Gasteiger partial charge in [-0.05, 0) is 36.6 Å². The van der Waals surface area contributed by atoms with Crippen LogP contribution < -0.4 is 5.32 Å². The molecule has 1 N–H and O–H groups in total. The maximum atomic E-state index is 12.7. The van der Waals surface area contributed by atoms with E-state index in [1.54, 1.807) is 12.1 Å². The lowest BCUT2D eigenvalue weighted by Crippen LogP contribution is -2.15. The predicted octanol–water partition coefficient (Wildman–Crippen LogP) is 4.10. The van der Waals surface area contributed by atoms with Crippen LogP contribution in [-0.2, 0) is 0 Å². The number of amides is 1. The van der Waals surface area contributed by atoms with Gasteiger partial charge in [-0.15, -0.1) is 0 Å². The number of nitrogens with one attached hydrogen (secondary N) is 1. The summed E-state index contributed by atoms with van der Waals surface area (Å²) in [6, 6.07) is 8.38. The first-order chi connectivity index (χ1) is 10.4. The van der Waals surface area contributed by atoms with E-state index in [-0.39, 0.29) is 11.5 Å². The average molecular weight is 305 g/mol. The summed E-state index contributed by atoms with van der Waals surface area (Å²) in [6.45, 7) is 5.62. The van der Waals surface area contributed by atoms with Crippen molar-refractivity contribution >= 4 is 11.6 Å². The first-order valence-corrected chi connectivity index (χ1v) is 6.92. The third kappa shape index (κ3) is 3.84. The zero-order valence-electron chi connectivity index (χ0n) is 12.6. The maximum absolute atomic E-state index is 12.7. The van der Waals surface area contributed by atoms with E-state index in [1.807, 2.05) is 12.1 Å². The molecule has 0 saturated carbocycles. The Kier molecular flexibility index (Phi) is 4.80. The van der Waals surface area contributed by atoms with Gasteiger partial charge < -0.3 is 5.32 Å². The van der Waals surface area contributed by atoms with Gasteiger partial charge in [-0.3, -0.25) is 4.79 Å². The van der Waals surface area contributed by atoms with E-state index in [1.165, 1.54) is 6.92 Å². The molecule has 0 atom stereocenters. The molecule has 0 radical (unpaired) electrons. The normalized spacial score (nSPS) is 11.0. The third-order valence-corrected chi connectivity index (χ3v) is 3.15. The highest BCUT2D eigenvalue weighted by molar-refractivity contribution is 6.02. The van der Waals surface area contributed by atoms with Gasteiger partial charge in [0.15, 0.2) is 0 Å². The minimum Gasteiger partial charge on any atom is -0.321 e. The summed E-state index contributed by atoms with van der Waals surface area (Å²) in [5, 5.41) is 2.64. The van der Waals surface area contributed by atoms with Crippen LogP contribution in [0, 0.1) is 6.92 Å². The summed E-state index contributed by atoms with van der Waals surface area (Å²) in [7, 11) is 0. The number of hydrogen-bond acceptors (Lipinski definition) is 3. The molecular weight excluding hydrogens is 288 g/mol. The van der Waals surface area contributed by atoms with E-state index in [2.05, 4.69) is 29.1 Å². The lowest BCUT2D eigenvalue weighted by Gasteiger charge is -2.09. The van der Waals surface area contributed by atoms with Crippen LogP contribution in [0.25, 0.3) is 0 Å². The Morgan fingerprint density at radius 2 is 1.77 bits per heavy atom. The summed E-state index contributed by atoms with van der Waals surface area (Å²) < 4.78 is 25.4. The Bertz CT molecular complexity index is 670. The number of nitrogens with zero attached hydrogens (tertiary/aromatic N) is 2. The SMILES string of the molecule is Cc1nc(C(=O)Nc2ccc(C(C)C)cc2)cc(C(F)F)n1. The van der Waals surface area contributed by atoms with E-state index in [4.69, 9.17) is 0 Å². The number of carbonyl (C=O) groups is 1. The molecule has 1 aromatic carbocycles. The number of anilines is 1. The van der Waals surface area contributed by atoms with Crippen molar-refractivity contribution in [3.63, 3.8) is 0 Å². The van der Waals surface area contributed by atoms with Crippen LogP contribution in [0.5, 0.6) is 0 Å². The number of hydrogen-bond donors (Lipinski definition) is 1. The molecule has 22 heavy (non-hydrogen) atoms. The number of rotatable bonds is 4. The van der Waals surface area contributed by atoms with Gasteiger partial charge in [-0.25, -0.2) is 18.7 Å². The van der Waals surface area contributed by atoms with Gasteiger partial charge in [0.25, 0.3) is 12.3 Å². The van der Waals surface area contributed by atoms with Crippen LogP contribution in [0.4, 0.5) is 14.5 Å². The van der Waals surface area contributed by atoms with E-state index in [9.17, 15) is 13.6 Å². The lowest BCUT2D eigenvalue weighted by atomic mass is 10.0. The molecular formula is C16H17F2N3O. The van der Waals surface area contributed by atoms with Crippen LogP contribution in [0.2, 0.25) is 0 Å². The molecule has 1 heterocycles. The Morgan fingerprint density at radius 1 is 1.14 bits per heavy atom. The van der Waals surface area contributed by atoms with Crippen molar-refractivity contribution in [2.24, 2.45) is 0 Å². The molecule has 2 rings (SSSR count). The lowest BCUT2D eigenvalue weighted by molar-refractivity contribution is 0.102. The van der Waals surface area contributed by atoms with E-state index < -0.39 is 18.0 Å². The summed E-state index contributed by atoms with van der Waals surface area (Å²) in [6.07, 6.45) is -2.74. The molecule has 0 spiro atoms. The van der Waals surface area contributed by atoms with E-state index in [0.29, 0.717) is 11.6 Å². The number of carbonyl (C=O) groups excluding carboxylic acids is 1. The molecule has 0 unspecified atom stereocenters. The Morgan fingerprint density at radius 3 is 2.32 bits per heavy atom. The fourth-order valence-electron chi connectivity index (χ4n) is 1.97. The molecule has 0 fully saturated rings.